The predicted octanol–water partition coefficient (Wildman–Crippen LogP) is 3.95. The zero-order valence-electron chi connectivity index (χ0n) is 11.3. The van der Waals surface area contributed by atoms with Gasteiger partial charge in [-0.05, 0) is 30.2 Å². The third-order valence-corrected chi connectivity index (χ3v) is 3.14. The van der Waals surface area contributed by atoms with Gasteiger partial charge in [0.15, 0.2) is 11.6 Å². The van der Waals surface area contributed by atoms with Gasteiger partial charge in [0.05, 0.1) is 0 Å². The molecule has 0 amide bonds. The highest BCUT2D eigenvalue weighted by Gasteiger charge is 2.10. The molecule has 0 aliphatic heterocycles. The van der Waals surface area contributed by atoms with E-state index in [1.54, 1.807) is 0 Å². The molecule has 0 aromatic heterocycles. The Morgan fingerprint density at radius 3 is 2.55 bits per heavy atom. The van der Waals surface area contributed by atoms with Crippen molar-refractivity contribution in [3.63, 3.8) is 0 Å². The van der Waals surface area contributed by atoms with Gasteiger partial charge in [0, 0.05) is 11.6 Å². The van der Waals surface area contributed by atoms with Crippen LogP contribution in [0.2, 0.25) is 0 Å². The van der Waals surface area contributed by atoms with Crippen LogP contribution in [-0.4, -0.2) is 0 Å². The third-order valence-electron chi connectivity index (χ3n) is 3.14. The van der Waals surface area contributed by atoms with Gasteiger partial charge < -0.3 is 10.5 Å². The van der Waals surface area contributed by atoms with Crippen molar-refractivity contribution in [3.8, 4) is 5.75 Å². The van der Waals surface area contributed by atoms with Crippen molar-refractivity contribution in [1.29, 1.82) is 0 Å². The van der Waals surface area contributed by atoms with Crippen molar-refractivity contribution in [2.45, 2.75) is 26.0 Å². The summed E-state index contributed by atoms with van der Waals surface area (Å²) >= 11 is 0. The first kappa shape index (κ1) is 14.5. The molecule has 1 atom stereocenters. The second kappa shape index (κ2) is 6.48. The number of hydrogen-bond acceptors (Lipinski definition) is 2. The summed E-state index contributed by atoms with van der Waals surface area (Å²) in [5, 5.41) is 0. The molecule has 0 bridgehead atoms. The number of halogens is 2. The van der Waals surface area contributed by atoms with E-state index >= 15 is 0 Å². The lowest BCUT2D eigenvalue weighted by Gasteiger charge is -2.15. The largest absolute Gasteiger partial charge is 0.489 e. The summed E-state index contributed by atoms with van der Waals surface area (Å²) in [6, 6.07) is 11.1. The van der Waals surface area contributed by atoms with Crippen molar-refractivity contribution in [2.24, 2.45) is 5.73 Å². The molecule has 2 nitrogen and oxygen atoms in total. The van der Waals surface area contributed by atoms with Crippen LogP contribution >= 0.6 is 0 Å². The topological polar surface area (TPSA) is 35.2 Å². The molecule has 2 aromatic rings. The van der Waals surface area contributed by atoms with E-state index < -0.39 is 11.6 Å². The SMILES string of the molecule is CC[C@@H](N)c1ccccc1OCc1ccc(F)c(F)c1. The first-order valence-corrected chi connectivity index (χ1v) is 6.53. The fourth-order valence-corrected chi connectivity index (χ4v) is 1.93. The molecule has 0 aliphatic carbocycles. The number of rotatable bonds is 5. The number of nitrogens with two attached hydrogens (primary N) is 1. The fraction of sp³-hybridized carbons (Fsp3) is 0.250. The van der Waals surface area contributed by atoms with Gasteiger partial charge in [-0.25, -0.2) is 8.78 Å². The zero-order chi connectivity index (χ0) is 14.5. The Morgan fingerprint density at radius 1 is 1.10 bits per heavy atom. The van der Waals surface area contributed by atoms with E-state index in [9.17, 15) is 8.78 Å². The lowest BCUT2D eigenvalue weighted by molar-refractivity contribution is 0.299. The molecule has 0 saturated heterocycles. The summed E-state index contributed by atoms with van der Waals surface area (Å²) < 4.78 is 31.6. The van der Waals surface area contributed by atoms with Crippen LogP contribution in [0.15, 0.2) is 42.5 Å². The summed E-state index contributed by atoms with van der Waals surface area (Å²) in [7, 11) is 0. The van der Waals surface area contributed by atoms with E-state index in [0.717, 1.165) is 24.1 Å². The summed E-state index contributed by atoms with van der Waals surface area (Å²) in [4.78, 5) is 0. The van der Waals surface area contributed by atoms with Gasteiger partial charge in [-0.1, -0.05) is 31.2 Å². The highest BCUT2D eigenvalue weighted by molar-refractivity contribution is 5.36. The molecule has 0 fully saturated rings. The van der Waals surface area contributed by atoms with Gasteiger partial charge in [-0.15, -0.1) is 0 Å². The maximum atomic E-state index is 13.1. The average molecular weight is 277 g/mol. The van der Waals surface area contributed by atoms with Gasteiger partial charge in [0.25, 0.3) is 0 Å². The van der Waals surface area contributed by atoms with Crippen LogP contribution in [0.4, 0.5) is 8.78 Å². The van der Waals surface area contributed by atoms with E-state index in [4.69, 9.17) is 10.5 Å². The minimum Gasteiger partial charge on any atom is -0.489 e. The molecule has 106 valence electrons. The maximum absolute atomic E-state index is 13.1. The van der Waals surface area contributed by atoms with Crippen LogP contribution in [0.25, 0.3) is 0 Å². The minimum atomic E-state index is -0.871. The molecule has 0 saturated carbocycles. The third kappa shape index (κ3) is 3.33. The average Bonchev–Trinajstić information content (AvgIpc) is 2.48. The van der Waals surface area contributed by atoms with E-state index in [0.29, 0.717) is 11.3 Å². The molecule has 2 aromatic carbocycles. The van der Waals surface area contributed by atoms with Gasteiger partial charge >= 0.3 is 0 Å². The molecular formula is C16H17F2NO. The van der Waals surface area contributed by atoms with Crippen LogP contribution in [0.3, 0.4) is 0 Å². The quantitative estimate of drug-likeness (QED) is 0.898. The van der Waals surface area contributed by atoms with Crippen LogP contribution in [0.1, 0.15) is 30.5 Å². The maximum Gasteiger partial charge on any atom is 0.159 e. The number of ether oxygens (including phenoxy) is 1. The van der Waals surface area contributed by atoms with E-state index in [1.165, 1.54) is 6.07 Å². The van der Waals surface area contributed by atoms with E-state index in [1.807, 2.05) is 31.2 Å². The summed E-state index contributed by atoms with van der Waals surface area (Å²) in [5.41, 5.74) is 7.51. The first-order chi connectivity index (χ1) is 9.61. The fourth-order valence-electron chi connectivity index (χ4n) is 1.93. The van der Waals surface area contributed by atoms with Crippen LogP contribution in [-0.2, 0) is 6.61 Å². The standard InChI is InChI=1S/C16H17F2NO/c1-2-15(19)12-5-3-4-6-16(12)20-10-11-7-8-13(17)14(18)9-11/h3-9,15H,2,10,19H2,1H3/t15-/m1/s1. The number of benzene rings is 2. The molecule has 20 heavy (non-hydrogen) atoms. The highest BCUT2D eigenvalue weighted by Crippen LogP contribution is 2.26. The smallest absolute Gasteiger partial charge is 0.159 e. The first-order valence-electron chi connectivity index (χ1n) is 6.53. The highest BCUT2D eigenvalue weighted by atomic mass is 19.2. The van der Waals surface area contributed by atoms with Crippen molar-refractivity contribution in [2.75, 3.05) is 0 Å². The Labute approximate surface area is 117 Å². The van der Waals surface area contributed by atoms with Gasteiger partial charge in [0.1, 0.15) is 12.4 Å². The number of para-hydroxylation sites is 1. The Balaban J connectivity index is 2.12. The van der Waals surface area contributed by atoms with Crippen molar-refractivity contribution in [3.05, 3.63) is 65.2 Å². The molecule has 0 heterocycles. The molecular weight excluding hydrogens is 260 g/mol. The van der Waals surface area contributed by atoms with Crippen molar-refractivity contribution < 1.29 is 13.5 Å². The van der Waals surface area contributed by atoms with E-state index in [-0.39, 0.29) is 12.6 Å². The lowest BCUT2D eigenvalue weighted by Crippen LogP contribution is -2.10. The van der Waals surface area contributed by atoms with E-state index in [2.05, 4.69) is 0 Å². The van der Waals surface area contributed by atoms with Crippen molar-refractivity contribution in [1.82, 2.24) is 0 Å². The second-order valence-electron chi connectivity index (χ2n) is 4.59. The minimum absolute atomic E-state index is 0.101. The molecule has 0 aliphatic rings. The predicted molar refractivity (Wildman–Crippen MR) is 74.4 cm³/mol. The van der Waals surface area contributed by atoms with Crippen LogP contribution in [0.5, 0.6) is 5.75 Å². The van der Waals surface area contributed by atoms with Crippen molar-refractivity contribution >= 4 is 0 Å². The molecule has 2 N–H and O–H groups in total. The Bertz CT molecular complexity index is 586. The van der Waals surface area contributed by atoms with Gasteiger partial charge in [-0.2, -0.15) is 0 Å². The second-order valence-corrected chi connectivity index (χ2v) is 4.59. The molecule has 4 heteroatoms. The molecule has 2 rings (SSSR count). The van der Waals surface area contributed by atoms with Crippen LogP contribution in [0, 0.1) is 11.6 Å². The number of hydrogen-bond donors (Lipinski definition) is 1. The van der Waals surface area contributed by atoms with Gasteiger partial charge in [-0.3, -0.25) is 0 Å². The summed E-state index contributed by atoms with van der Waals surface area (Å²) in [6.45, 7) is 2.17. The summed E-state index contributed by atoms with van der Waals surface area (Å²) in [6.07, 6.45) is 0.797. The van der Waals surface area contributed by atoms with Gasteiger partial charge in [0.2, 0.25) is 0 Å². The zero-order valence-corrected chi connectivity index (χ0v) is 11.3. The normalized spacial score (nSPS) is 12.2. The Hall–Kier alpha value is -1.94. The Morgan fingerprint density at radius 2 is 1.85 bits per heavy atom. The van der Waals surface area contributed by atoms with Crippen LogP contribution < -0.4 is 10.5 Å². The molecule has 0 radical (unpaired) electrons. The summed E-state index contributed by atoms with van der Waals surface area (Å²) in [5.74, 6) is -1.06. The Kier molecular flexibility index (Phi) is 4.69. The molecule has 0 spiro atoms. The lowest BCUT2D eigenvalue weighted by atomic mass is 10.0. The molecule has 0 unspecified atom stereocenters. The monoisotopic (exact) mass is 277 g/mol.